The number of hydrogen-bond acceptors (Lipinski definition) is 3. The van der Waals surface area contributed by atoms with Crippen molar-refractivity contribution >= 4 is 27.5 Å². The summed E-state index contributed by atoms with van der Waals surface area (Å²) >= 11 is 9.88. The average molecular weight is 372 g/mol. The Morgan fingerprint density at radius 1 is 0.905 bits per heavy atom. The highest BCUT2D eigenvalue weighted by Crippen LogP contribution is 2.40. The molecule has 0 aliphatic rings. The van der Waals surface area contributed by atoms with Crippen LogP contribution in [-0.2, 0) is 0 Å². The van der Waals surface area contributed by atoms with E-state index in [-0.39, 0.29) is 4.83 Å². The summed E-state index contributed by atoms with van der Waals surface area (Å²) in [5, 5.41) is 0.576. The van der Waals surface area contributed by atoms with E-state index in [1.165, 1.54) is 0 Å². The van der Waals surface area contributed by atoms with Crippen molar-refractivity contribution in [1.82, 2.24) is 0 Å². The fourth-order valence-corrected chi connectivity index (χ4v) is 2.98. The molecule has 1 unspecified atom stereocenters. The minimum absolute atomic E-state index is 0.0400. The minimum Gasteiger partial charge on any atom is -0.497 e. The number of ether oxygens (including phenoxy) is 3. The quantitative estimate of drug-likeness (QED) is 0.703. The highest BCUT2D eigenvalue weighted by atomic mass is 79.9. The Bertz CT molecular complexity index is 631. The normalized spacial score (nSPS) is 11.9. The average Bonchev–Trinajstić information content (AvgIpc) is 2.53. The van der Waals surface area contributed by atoms with E-state index in [2.05, 4.69) is 15.9 Å². The van der Waals surface area contributed by atoms with Gasteiger partial charge in [0.1, 0.15) is 17.2 Å². The Hall–Kier alpha value is -1.39. The fraction of sp³-hybridized carbons (Fsp3) is 0.250. The molecule has 0 saturated heterocycles. The van der Waals surface area contributed by atoms with Crippen molar-refractivity contribution in [1.29, 1.82) is 0 Å². The first-order chi connectivity index (χ1) is 10.1. The van der Waals surface area contributed by atoms with Crippen LogP contribution in [-0.4, -0.2) is 21.3 Å². The van der Waals surface area contributed by atoms with Crippen LogP contribution in [0.3, 0.4) is 0 Å². The molecule has 0 aliphatic heterocycles. The van der Waals surface area contributed by atoms with Gasteiger partial charge in [-0.2, -0.15) is 0 Å². The van der Waals surface area contributed by atoms with Crippen LogP contribution in [0.15, 0.2) is 36.4 Å². The van der Waals surface area contributed by atoms with Gasteiger partial charge < -0.3 is 14.2 Å². The molecule has 2 rings (SSSR count). The first-order valence-corrected chi connectivity index (χ1v) is 7.59. The number of benzene rings is 2. The van der Waals surface area contributed by atoms with Crippen LogP contribution in [0.2, 0.25) is 5.02 Å². The monoisotopic (exact) mass is 370 g/mol. The summed E-state index contributed by atoms with van der Waals surface area (Å²) in [5.41, 5.74) is 2.02. The van der Waals surface area contributed by atoms with Gasteiger partial charge >= 0.3 is 0 Å². The standard InChI is InChI=1S/C16H16BrClO3/c1-19-11-5-6-12(15(9-11)21-3)16(17)10-4-7-14(20-2)13(18)8-10/h4-9,16H,1-3H3. The molecule has 0 N–H and O–H groups in total. The maximum absolute atomic E-state index is 6.19. The second kappa shape index (κ2) is 7.05. The molecule has 0 spiro atoms. The number of hydrogen-bond donors (Lipinski definition) is 0. The maximum Gasteiger partial charge on any atom is 0.137 e. The molecule has 0 fully saturated rings. The van der Waals surface area contributed by atoms with Crippen LogP contribution < -0.4 is 14.2 Å². The lowest BCUT2D eigenvalue weighted by atomic mass is 10.0. The minimum atomic E-state index is -0.0400. The van der Waals surface area contributed by atoms with Gasteiger partial charge in [0.05, 0.1) is 31.2 Å². The zero-order valence-corrected chi connectivity index (χ0v) is 14.4. The van der Waals surface area contributed by atoms with E-state index in [1.807, 2.05) is 36.4 Å². The summed E-state index contributed by atoms with van der Waals surface area (Å²) in [6.45, 7) is 0. The third-order valence-corrected chi connectivity index (χ3v) is 4.50. The van der Waals surface area contributed by atoms with Gasteiger partial charge in [-0.25, -0.2) is 0 Å². The molecule has 0 heterocycles. The lowest BCUT2D eigenvalue weighted by Gasteiger charge is -2.16. The number of methoxy groups -OCH3 is 3. The predicted octanol–water partition coefficient (Wildman–Crippen LogP) is 4.85. The highest BCUT2D eigenvalue weighted by molar-refractivity contribution is 9.09. The smallest absolute Gasteiger partial charge is 0.137 e. The molecule has 1 atom stereocenters. The van der Waals surface area contributed by atoms with Crippen LogP contribution in [0.25, 0.3) is 0 Å². The SMILES string of the molecule is COc1ccc(C(Br)c2ccc(OC)c(Cl)c2)c(OC)c1. The molecule has 5 heteroatoms. The van der Waals surface area contributed by atoms with Crippen molar-refractivity contribution in [3.63, 3.8) is 0 Å². The molecule has 0 amide bonds. The lowest BCUT2D eigenvalue weighted by Crippen LogP contribution is -1.98. The van der Waals surface area contributed by atoms with Crippen molar-refractivity contribution in [3.8, 4) is 17.2 Å². The Morgan fingerprint density at radius 3 is 2.19 bits per heavy atom. The van der Waals surface area contributed by atoms with E-state index in [1.54, 1.807) is 21.3 Å². The maximum atomic E-state index is 6.19. The van der Waals surface area contributed by atoms with Crippen molar-refractivity contribution < 1.29 is 14.2 Å². The zero-order valence-electron chi connectivity index (χ0n) is 12.0. The predicted molar refractivity (Wildman–Crippen MR) is 88.3 cm³/mol. The molecule has 3 nitrogen and oxygen atoms in total. The molecular weight excluding hydrogens is 356 g/mol. The summed E-state index contributed by atoms with van der Waals surface area (Å²) in [4.78, 5) is -0.0400. The summed E-state index contributed by atoms with van der Waals surface area (Å²) in [5.74, 6) is 2.16. The molecule has 21 heavy (non-hydrogen) atoms. The molecule has 0 bridgehead atoms. The Balaban J connectivity index is 2.39. The van der Waals surface area contributed by atoms with E-state index in [4.69, 9.17) is 25.8 Å². The molecule has 2 aromatic rings. The van der Waals surface area contributed by atoms with Crippen molar-refractivity contribution in [2.24, 2.45) is 0 Å². The van der Waals surface area contributed by atoms with Crippen molar-refractivity contribution in [2.75, 3.05) is 21.3 Å². The number of halogens is 2. The van der Waals surface area contributed by atoms with Gasteiger partial charge in [0.2, 0.25) is 0 Å². The molecule has 0 aliphatic carbocycles. The fourth-order valence-electron chi connectivity index (χ4n) is 2.05. The summed E-state index contributed by atoms with van der Waals surface area (Å²) in [7, 11) is 4.86. The van der Waals surface area contributed by atoms with Gasteiger partial charge in [0.15, 0.2) is 0 Å². The van der Waals surface area contributed by atoms with E-state index in [9.17, 15) is 0 Å². The molecule has 2 aromatic carbocycles. The van der Waals surface area contributed by atoms with Crippen LogP contribution in [0.4, 0.5) is 0 Å². The summed E-state index contributed by atoms with van der Waals surface area (Å²) in [6, 6.07) is 11.4. The summed E-state index contributed by atoms with van der Waals surface area (Å²) < 4.78 is 15.8. The van der Waals surface area contributed by atoms with E-state index < -0.39 is 0 Å². The van der Waals surface area contributed by atoms with Gasteiger partial charge in [-0.15, -0.1) is 0 Å². The second-order valence-corrected chi connectivity index (χ2v) is 5.69. The second-order valence-electron chi connectivity index (χ2n) is 4.36. The van der Waals surface area contributed by atoms with Crippen molar-refractivity contribution in [3.05, 3.63) is 52.5 Å². The third kappa shape index (κ3) is 3.44. The largest absolute Gasteiger partial charge is 0.497 e. The van der Waals surface area contributed by atoms with E-state index >= 15 is 0 Å². The number of alkyl halides is 1. The van der Waals surface area contributed by atoms with Crippen LogP contribution in [0.5, 0.6) is 17.2 Å². The summed E-state index contributed by atoms with van der Waals surface area (Å²) in [6.07, 6.45) is 0. The van der Waals surface area contributed by atoms with Crippen LogP contribution in [0.1, 0.15) is 16.0 Å². The van der Waals surface area contributed by atoms with Gasteiger partial charge in [-0.3, -0.25) is 0 Å². The van der Waals surface area contributed by atoms with Crippen molar-refractivity contribution in [2.45, 2.75) is 4.83 Å². The topological polar surface area (TPSA) is 27.7 Å². The van der Waals surface area contributed by atoms with Crippen LogP contribution >= 0.6 is 27.5 Å². The van der Waals surface area contributed by atoms with E-state index in [0.29, 0.717) is 10.8 Å². The van der Waals surface area contributed by atoms with Gasteiger partial charge in [-0.05, 0) is 23.8 Å². The zero-order chi connectivity index (χ0) is 15.4. The molecule has 0 aromatic heterocycles. The first-order valence-electron chi connectivity index (χ1n) is 6.30. The Labute approximate surface area is 137 Å². The Morgan fingerprint density at radius 2 is 1.62 bits per heavy atom. The van der Waals surface area contributed by atoms with Gasteiger partial charge in [-0.1, -0.05) is 39.7 Å². The van der Waals surface area contributed by atoms with Crippen LogP contribution in [0, 0.1) is 0 Å². The van der Waals surface area contributed by atoms with E-state index in [0.717, 1.165) is 22.6 Å². The lowest BCUT2D eigenvalue weighted by molar-refractivity contribution is 0.391. The highest BCUT2D eigenvalue weighted by Gasteiger charge is 2.17. The molecule has 112 valence electrons. The third-order valence-electron chi connectivity index (χ3n) is 3.18. The molecule has 0 saturated carbocycles. The molecule has 0 radical (unpaired) electrons. The first kappa shape index (κ1) is 16.0. The van der Waals surface area contributed by atoms with Gasteiger partial charge in [0, 0.05) is 11.6 Å². The molecular formula is C16H16BrClO3. The van der Waals surface area contributed by atoms with Gasteiger partial charge in [0.25, 0.3) is 0 Å². The Kier molecular flexibility index (Phi) is 5.37. The number of rotatable bonds is 5.